The van der Waals surface area contributed by atoms with Gasteiger partial charge in [0.05, 0.1) is 25.6 Å². The first kappa shape index (κ1) is 40.1. The molecule has 0 radical (unpaired) electrons. The molecule has 21 heteroatoms. The fourth-order valence-electron chi connectivity index (χ4n) is 5.42. The molecule has 274 valence electrons. The molecule has 0 spiro atoms. The van der Waals surface area contributed by atoms with Crippen molar-refractivity contribution in [3.63, 3.8) is 0 Å². The van der Waals surface area contributed by atoms with Crippen LogP contribution in [0, 0.1) is 0 Å². The smallest absolute Gasteiger partial charge is 0.326 e. The molecule has 2 fully saturated rings. The van der Waals surface area contributed by atoms with E-state index in [1.807, 2.05) is 0 Å². The van der Waals surface area contributed by atoms with Gasteiger partial charge in [-0.15, -0.1) is 0 Å². The lowest BCUT2D eigenvalue weighted by atomic mass is 10.1. The third kappa shape index (κ3) is 12.2. The van der Waals surface area contributed by atoms with Crippen molar-refractivity contribution < 1.29 is 48.6 Å². The predicted molar refractivity (Wildman–Crippen MR) is 170 cm³/mol. The summed E-state index contributed by atoms with van der Waals surface area (Å²) in [7, 11) is 0. The second kappa shape index (κ2) is 19.1. The molecule has 2 saturated heterocycles. The van der Waals surface area contributed by atoms with Crippen LogP contribution in [0.15, 0.2) is 4.99 Å². The summed E-state index contributed by atoms with van der Waals surface area (Å²) >= 11 is 0. The van der Waals surface area contributed by atoms with Crippen molar-refractivity contribution in [2.75, 3.05) is 32.8 Å². The number of hydrogen-bond acceptors (Lipinski definition) is 11. The highest BCUT2D eigenvalue weighted by molar-refractivity contribution is 5.97. The molecular weight excluding hydrogens is 650 g/mol. The Balaban J connectivity index is 2.06. The van der Waals surface area contributed by atoms with E-state index in [1.54, 1.807) is 0 Å². The number of amides is 7. The Morgan fingerprint density at radius 3 is 2.02 bits per heavy atom. The van der Waals surface area contributed by atoms with E-state index >= 15 is 0 Å². The Labute approximate surface area is 281 Å². The molecule has 0 aliphatic carbocycles. The monoisotopic (exact) mass is 697 g/mol. The number of carbonyl (C=O) groups excluding carboxylic acids is 7. The summed E-state index contributed by atoms with van der Waals surface area (Å²) in [5, 5.41) is 28.6. The molecule has 0 saturated carbocycles. The van der Waals surface area contributed by atoms with Crippen LogP contribution in [-0.2, 0) is 38.4 Å². The third-order valence-corrected chi connectivity index (χ3v) is 7.94. The molecule has 49 heavy (non-hydrogen) atoms. The highest BCUT2D eigenvalue weighted by atomic mass is 16.4. The number of hydrogen-bond donors (Lipinski definition) is 10. The SMILES string of the molecule is CC(N)C(=O)NC(CC(N)=O)C(=O)NC(CO)C(=O)NCC(=O)N1CCCC1C(=O)NC(CCCN=C(N)N)C(=O)N1CCCC1C(=O)O. The summed E-state index contributed by atoms with van der Waals surface area (Å²) in [5.74, 6) is -6.94. The number of carbonyl (C=O) groups is 8. The topological polar surface area (TPSA) is 348 Å². The molecule has 21 nitrogen and oxygen atoms in total. The molecule has 2 rings (SSSR count). The number of aliphatic carboxylic acids is 1. The quantitative estimate of drug-likeness (QED) is 0.0363. The van der Waals surface area contributed by atoms with Crippen LogP contribution in [0.5, 0.6) is 0 Å². The van der Waals surface area contributed by atoms with E-state index in [2.05, 4.69) is 26.3 Å². The van der Waals surface area contributed by atoms with Gasteiger partial charge in [0.15, 0.2) is 5.96 Å². The Morgan fingerprint density at radius 2 is 1.45 bits per heavy atom. The van der Waals surface area contributed by atoms with E-state index in [-0.39, 0.29) is 51.3 Å². The summed E-state index contributed by atoms with van der Waals surface area (Å²) in [5.41, 5.74) is 21.3. The molecule has 6 unspecified atom stereocenters. The summed E-state index contributed by atoms with van der Waals surface area (Å²) in [6.07, 6.45) is 1.16. The van der Waals surface area contributed by atoms with Crippen LogP contribution in [0.1, 0.15) is 51.9 Å². The Hall–Kier alpha value is -5.05. The molecular formula is C28H47N11O10. The number of nitrogens with one attached hydrogen (secondary N) is 4. The number of guanidine groups is 1. The number of aliphatic hydroxyl groups excluding tert-OH is 1. The molecule has 2 heterocycles. The Bertz CT molecular complexity index is 1290. The molecule has 0 bridgehead atoms. The number of likely N-dealkylation sites (tertiary alicyclic amines) is 2. The Kier molecular flexibility index (Phi) is 15.6. The van der Waals surface area contributed by atoms with Crippen LogP contribution in [0.4, 0.5) is 0 Å². The van der Waals surface area contributed by atoms with Crippen LogP contribution in [0.2, 0.25) is 0 Å². The summed E-state index contributed by atoms with van der Waals surface area (Å²) in [4.78, 5) is 107. The van der Waals surface area contributed by atoms with E-state index in [0.717, 1.165) is 0 Å². The molecule has 14 N–H and O–H groups in total. The minimum atomic E-state index is -1.59. The van der Waals surface area contributed by atoms with E-state index in [0.29, 0.717) is 12.8 Å². The van der Waals surface area contributed by atoms with Crippen molar-refractivity contribution in [3.8, 4) is 0 Å². The lowest BCUT2D eigenvalue weighted by molar-refractivity contribution is -0.149. The molecule has 2 aliphatic heterocycles. The number of nitrogens with two attached hydrogens (primary N) is 4. The minimum Gasteiger partial charge on any atom is -0.480 e. The van der Waals surface area contributed by atoms with Gasteiger partial charge >= 0.3 is 5.97 Å². The van der Waals surface area contributed by atoms with Gasteiger partial charge in [0.2, 0.25) is 41.4 Å². The first-order chi connectivity index (χ1) is 23.1. The normalized spacial score (nSPS) is 19.5. The number of carboxylic acid groups (broad SMARTS) is 1. The van der Waals surface area contributed by atoms with Gasteiger partial charge in [-0.25, -0.2) is 4.79 Å². The molecule has 0 aromatic heterocycles. The molecule has 6 atom stereocenters. The summed E-state index contributed by atoms with van der Waals surface area (Å²) in [6.45, 7) is 0.300. The van der Waals surface area contributed by atoms with Gasteiger partial charge in [-0.3, -0.25) is 38.6 Å². The van der Waals surface area contributed by atoms with Crippen molar-refractivity contribution in [1.29, 1.82) is 0 Å². The van der Waals surface area contributed by atoms with Gasteiger partial charge in [0.25, 0.3) is 0 Å². The van der Waals surface area contributed by atoms with Crippen molar-refractivity contribution >= 4 is 53.3 Å². The van der Waals surface area contributed by atoms with Gasteiger partial charge in [-0.1, -0.05) is 0 Å². The van der Waals surface area contributed by atoms with Crippen molar-refractivity contribution in [1.82, 2.24) is 31.1 Å². The fourth-order valence-corrected chi connectivity index (χ4v) is 5.42. The van der Waals surface area contributed by atoms with Gasteiger partial charge < -0.3 is 64.2 Å². The average Bonchev–Trinajstić information content (AvgIpc) is 3.73. The zero-order valence-electron chi connectivity index (χ0n) is 27.3. The maximum atomic E-state index is 13.4. The molecule has 0 aromatic rings. The van der Waals surface area contributed by atoms with Crippen LogP contribution < -0.4 is 44.2 Å². The number of nitrogens with zero attached hydrogens (tertiary/aromatic N) is 3. The highest BCUT2D eigenvalue weighted by Crippen LogP contribution is 2.21. The number of aliphatic hydroxyl groups is 1. The maximum absolute atomic E-state index is 13.4. The second-order valence-electron chi connectivity index (χ2n) is 11.8. The molecule has 7 amide bonds. The third-order valence-electron chi connectivity index (χ3n) is 7.94. The predicted octanol–water partition coefficient (Wildman–Crippen LogP) is -6.11. The second-order valence-corrected chi connectivity index (χ2v) is 11.8. The molecule has 2 aliphatic rings. The number of primary amides is 1. The van der Waals surface area contributed by atoms with Crippen LogP contribution >= 0.6 is 0 Å². The lowest BCUT2D eigenvalue weighted by Gasteiger charge is -2.30. The largest absolute Gasteiger partial charge is 0.480 e. The average molecular weight is 698 g/mol. The van der Waals surface area contributed by atoms with Gasteiger partial charge in [0, 0.05) is 19.6 Å². The van der Waals surface area contributed by atoms with Crippen molar-refractivity contribution in [2.24, 2.45) is 27.9 Å². The minimum absolute atomic E-state index is 0.0877. The van der Waals surface area contributed by atoms with Crippen LogP contribution in [0.25, 0.3) is 0 Å². The van der Waals surface area contributed by atoms with E-state index in [9.17, 15) is 48.6 Å². The van der Waals surface area contributed by atoms with E-state index in [4.69, 9.17) is 22.9 Å². The number of rotatable bonds is 18. The standard InChI is InChI=1S/C28H47N11O10/c1-14(29)22(43)36-16(11-20(30)41)24(45)37-17(13-40)23(44)34-12-21(42)38-9-3-6-18(38)25(46)35-15(5-2-8-33-28(31)32)26(47)39-10-4-7-19(39)27(48)49/h14-19,40H,2-13,29H2,1H3,(H2,30,41)(H,34,44)(H,35,46)(H,36,43)(H,37,45)(H,48,49)(H4,31,32,33). The zero-order valence-corrected chi connectivity index (χ0v) is 27.3. The zero-order chi connectivity index (χ0) is 36.8. The van der Waals surface area contributed by atoms with Crippen molar-refractivity contribution in [3.05, 3.63) is 0 Å². The van der Waals surface area contributed by atoms with Gasteiger partial charge in [0.1, 0.15) is 30.2 Å². The number of carboxylic acids is 1. The van der Waals surface area contributed by atoms with Crippen molar-refractivity contribution in [2.45, 2.75) is 88.1 Å². The van der Waals surface area contributed by atoms with Crippen LogP contribution in [0.3, 0.4) is 0 Å². The van der Waals surface area contributed by atoms with E-state index in [1.165, 1.54) is 16.7 Å². The highest BCUT2D eigenvalue weighted by Gasteiger charge is 2.40. The fraction of sp³-hybridized carbons (Fsp3) is 0.679. The summed E-state index contributed by atoms with van der Waals surface area (Å²) in [6, 6.07) is -7.28. The van der Waals surface area contributed by atoms with Gasteiger partial charge in [-0.05, 0) is 45.4 Å². The van der Waals surface area contributed by atoms with Crippen LogP contribution in [-0.4, -0.2) is 142 Å². The first-order valence-electron chi connectivity index (χ1n) is 15.8. The lowest BCUT2D eigenvalue weighted by Crippen LogP contribution is -2.58. The van der Waals surface area contributed by atoms with Gasteiger partial charge in [-0.2, -0.15) is 0 Å². The first-order valence-corrected chi connectivity index (χ1v) is 15.8. The maximum Gasteiger partial charge on any atom is 0.326 e. The number of aliphatic imine (C=N–C) groups is 1. The molecule has 0 aromatic carbocycles. The Morgan fingerprint density at radius 1 is 0.837 bits per heavy atom. The van der Waals surface area contributed by atoms with E-state index < -0.39 is 103 Å². The summed E-state index contributed by atoms with van der Waals surface area (Å²) < 4.78 is 0.